The predicted molar refractivity (Wildman–Crippen MR) is 107 cm³/mol. The van der Waals surface area contributed by atoms with Crippen molar-refractivity contribution >= 4 is 23.0 Å². The fourth-order valence-corrected chi connectivity index (χ4v) is 3.47. The van der Waals surface area contributed by atoms with Crippen molar-refractivity contribution in [3.63, 3.8) is 0 Å². The molecule has 0 atom stereocenters. The maximum absolute atomic E-state index is 13.2. The molecule has 1 aliphatic heterocycles. The lowest BCUT2D eigenvalue weighted by Crippen LogP contribution is -2.22. The van der Waals surface area contributed by atoms with Gasteiger partial charge in [0.2, 0.25) is 0 Å². The van der Waals surface area contributed by atoms with Crippen LogP contribution in [0.5, 0.6) is 11.5 Å². The third kappa shape index (κ3) is 5.41. The van der Waals surface area contributed by atoms with Gasteiger partial charge in [-0.05, 0) is 31.0 Å². The summed E-state index contributed by atoms with van der Waals surface area (Å²) in [4.78, 5) is 25.2. The minimum atomic E-state index is -4.69. The summed E-state index contributed by atoms with van der Waals surface area (Å²) in [6.45, 7) is -2.20. The molecule has 0 bridgehead atoms. The second-order valence-corrected chi connectivity index (χ2v) is 7.03. The Morgan fingerprint density at radius 1 is 1.15 bits per heavy atom. The fourth-order valence-electron chi connectivity index (χ4n) is 3.47. The van der Waals surface area contributed by atoms with Crippen LogP contribution in [-0.4, -0.2) is 37.6 Å². The number of methoxy groups -OCH3 is 1. The highest BCUT2D eigenvalue weighted by atomic mass is 19.4. The van der Waals surface area contributed by atoms with Gasteiger partial charge >= 0.3 is 12.8 Å². The summed E-state index contributed by atoms with van der Waals surface area (Å²) in [6, 6.07) is 4.24. The van der Waals surface area contributed by atoms with Crippen LogP contribution in [0.2, 0.25) is 0 Å². The molecule has 33 heavy (non-hydrogen) atoms. The topological polar surface area (TPSA) is 93.9 Å². The molecular formula is C20H18F5N3O5. The van der Waals surface area contributed by atoms with Crippen molar-refractivity contribution in [1.29, 1.82) is 0 Å². The van der Waals surface area contributed by atoms with Gasteiger partial charge in [0.1, 0.15) is 5.56 Å². The Labute approximate surface area is 184 Å². The van der Waals surface area contributed by atoms with Crippen molar-refractivity contribution < 1.29 is 41.1 Å². The molecular weight excluding hydrogens is 457 g/mol. The van der Waals surface area contributed by atoms with E-state index in [-0.39, 0.29) is 5.69 Å². The maximum Gasteiger partial charge on any atom is 0.416 e. The minimum absolute atomic E-state index is 0.196. The first kappa shape index (κ1) is 24.0. The molecule has 13 heteroatoms. The van der Waals surface area contributed by atoms with Gasteiger partial charge in [-0.3, -0.25) is 14.9 Å². The number of nitrogens with one attached hydrogen (secondary N) is 1. The smallest absolute Gasteiger partial charge is 0.416 e. The molecule has 0 unspecified atom stereocenters. The van der Waals surface area contributed by atoms with Crippen molar-refractivity contribution in [3.8, 4) is 11.5 Å². The molecule has 0 aliphatic carbocycles. The SMILES string of the molecule is COc1cc(C(=O)Nc2cc(C(F)(F)F)ccc2N2CCCC2)c([N+](=O)[O-])cc1OC(F)F. The lowest BCUT2D eigenvalue weighted by atomic mass is 10.1. The number of carbonyl (C=O) groups excluding carboxylic acids is 1. The number of hydrogen-bond acceptors (Lipinski definition) is 6. The van der Waals surface area contributed by atoms with Gasteiger partial charge in [0, 0.05) is 19.2 Å². The van der Waals surface area contributed by atoms with Gasteiger partial charge in [0.15, 0.2) is 11.5 Å². The zero-order valence-electron chi connectivity index (χ0n) is 17.1. The fraction of sp³-hybridized carbons (Fsp3) is 0.350. The zero-order valence-corrected chi connectivity index (χ0v) is 17.1. The molecule has 1 heterocycles. The lowest BCUT2D eigenvalue weighted by Gasteiger charge is -2.23. The lowest BCUT2D eigenvalue weighted by molar-refractivity contribution is -0.385. The Balaban J connectivity index is 2.05. The Bertz CT molecular complexity index is 1060. The van der Waals surface area contributed by atoms with E-state index in [1.54, 1.807) is 4.90 Å². The molecule has 2 aromatic rings. The molecule has 178 valence electrons. The summed E-state index contributed by atoms with van der Waals surface area (Å²) < 4.78 is 74.0. The summed E-state index contributed by atoms with van der Waals surface area (Å²) in [7, 11) is 1.07. The summed E-state index contributed by atoms with van der Waals surface area (Å²) in [6.07, 6.45) is -3.07. The van der Waals surface area contributed by atoms with E-state index in [1.807, 2.05) is 0 Å². The normalized spacial score (nSPS) is 13.8. The highest BCUT2D eigenvalue weighted by Crippen LogP contribution is 2.39. The van der Waals surface area contributed by atoms with Crippen LogP contribution in [0.1, 0.15) is 28.8 Å². The van der Waals surface area contributed by atoms with Crippen molar-refractivity contribution in [2.75, 3.05) is 30.4 Å². The number of anilines is 2. The van der Waals surface area contributed by atoms with Crippen molar-refractivity contribution in [2.24, 2.45) is 0 Å². The zero-order chi connectivity index (χ0) is 24.3. The van der Waals surface area contributed by atoms with Crippen LogP contribution in [0.4, 0.5) is 39.0 Å². The molecule has 1 saturated heterocycles. The van der Waals surface area contributed by atoms with Gasteiger partial charge in [-0.25, -0.2) is 0 Å². The molecule has 2 aromatic carbocycles. The minimum Gasteiger partial charge on any atom is -0.493 e. The maximum atomic E-state index is 13.2. The van der Waals surface area contributed by atoms with Crippen LogP contribution in [0.3, 0.4) is 0 Å². The number of benzene rings is 2. The molecule has 3 rings (SSSR count). The van der Waals surface area contributed by atoms with Crippen LogP contribution >= 0.6 is 0 Å². The quantitative estimate of drug-likeness (QED) is 0.341. The van der Waals surface area contributed by atoms with E-state index in [0.29, 0.717) is 24.8 Å². The van der Waals surface area contributed by atoms with Crippen LogP contribution in [0.15, 0.2) is 30.3 Å². The van der Waals surface area contributed by atoms with Crippen molar-refractivity contribution in [3.05, 3.63) is 51.6 Å². The first-order valence-electron chi connectivity index (χ1n) is 9.60. The van der Waals surface area contributed by atoms with Crippen molar-refractivity contribution in [2.45, 2.75) is 25.6 Å². The Morgan fingerprint density at radius 3 is 2.36 bits per heavy atom. The number of rotatable bonds is 7. The molecule has 1 amide bonds. The van der Waals surface area contributed by atoms with Gasteiger partial charge in [0.25, 0.3) is 11.6 Å². The second-order valence-electron chi connectivity index (χ2n) is 7.03. The summed E-state index contributed by atoms with van der Waals surface area (Å²) >= 11 is 0. The molecule has 8 nitrogen and oxygen atoms in total. The van der Waals surface area contributed by atoms with E-state index < -0.39 is 51.9 Å². The molecule has 1 N–H and O–H groups in total. The number of nitro benzene ring substituents is 1. The van der Waals surface area contributed by atoms with Gasteiger partial charge in [-0.1, -0.05) is 0 Å². The number of alkyl halides is 5. The van der Waals surface area contributed by atoms with Gasteiger partial charge < -0.3 is 19.7 Å². The predicted octanol–water partition coefficient (Wildman–Crippen LogP) is 5.08. The van der Waals surface area contributed by atoms with Crippen LogP contribution in [0.25, 0.3) is 0 Å². The number of nitrogens with zero attached hydrogens (tertiary/aromatic N) is 2. The number of amides is 1. The second kappa shape index (κ2) is 9.46. The molecule has 0 radical (unpaired) electrons. The standard InChI is InChI=1S/C20H18F5N3O5/c1-32-16-9-12(15(28(30)31)10-17(16)33-19(21)22)18(29)26-13-8-11(20(23,24)25)4-5-14(13)27-6-2-3-7-27/h4-5,8-10,19H,2-3,6-7H2,1H3,(H,26,29). The Kier molecular flexibility index (Phi) is 6.89. The van der Waals surface area contributed by atoms with E-state index in [0.717, 1.165) is 38.2 Å². The van der Waals surface area contributed by atoms with E-state index >= 15 is 0 Å². The van der Waals surface area contributed by atoms with E-state index in [4.69, 9.17) is 4.74 Å². The molecule has 1 fully saturated rings. The number of ether oxygens (including phenoxy) is 2. The third-order valence-electron chi connectivity index (χ3n) is 4.96. The van der Waals surface area contributed by atoms with Crippen molar-refractivity contribution in [1.82, 2.24) is 0 Å². The van der Waals surface area contributed by atoms with Crippen LogP contribution in [0, 0.1) is 10.1 Å². The summed E-state index contributed by atoms with van der Waals surface area (Å²) in [5.74, 6) is -2.19. The van der Waals surface area contributed by atoms with E-state index in [1.165, 1.54) is 6.07 Å². The molecule has 0 aromatic heterocycles. The monoisotopic (exact) mass is 475 g/mol. The van der Waals surface area contributed by atoms with Gasteiger partial charge in [-0.15, -0.1) is 0 Å². The number of halogens is 5. The molecule has 1 aliphatic rings. The first-order chi connectivity index (χ1) is 15.5. The van der Waals surface area contributed by atoms with Crippen LogP contribution < -0.4 is 19.7 Å². The highest BCUT2D eigenvalue weighted by Gasteiger charge is 2.33. The Hall–Kier alpha value is -3.64. The van der Waals surface area contributed by atoms with Gasteiger partial charge in [-0.2, -0.15) is 22.0 Å². The highest BCUT2D eigenvalue weighted by molar-refractivity contribution is 6.09. The number of carbonyl (C=O) groups is 1. The Morgan fingerprint density at radius 2 is 1.82 bits per heavy atom. The summed E-state index contributed by atoms with van der Waals surface area (Å²) in [5.41, 5.74) is -2.39. The largest absolute Gasteiger partial charge is 0.493 e. The average Bonchev–Trinajstić information content (AvgIpc) is 3.26. The van der Waals surface area contributed by atoms with Gasteiger partial charge in [0.05, 0.1) is 35.0 Å². The first-order valence-corrected chi connectivity index (χ1v) is 9.60. The van der Waals surface area contributed by atoms with E-state index in [2.05, 4.69) is 10.1 Å². The molecule has 0 saturated carbocycles. The molecule has 0 spiro atoms. The third-order valence-corrected chi connectivity index (χ3v) is 4.96. The average molecular weight is 475 g/mol. The summed E-state index contributed by atoms with van der Waals surface area (Å²) in [5, 5.41) is 13.8. The number of nitro groups is 1. The number of hydrogen-bond donors (Lipinski definition) is 1. The van der Waals surface area contributed by atoms with E-state index in [9.17, 15) is 36.9 Å². The van der Waals surface area contributed by atoms with Crippen LogP contribution in [-0.2, 0) is 6.18 Å².